The summed E-state index contributed by atoms with van der Waals surface area (Å²) in [5.41, 5.74) is 8.03. The first-order chi connectivity index (χ1) is 11.1. The highest BCUT2D eigenvalue weighted by molar-refractivity contribution is 14.0. The molecule has 0 bridgehead atoms. The molecular formula is C17H21BrIN3O2. The average Bonchev–Trinajstić information content (AvgIpc) is 2.57. The highest BCUT2D eigenvalue weighted by atomic mass is 127. The molecule has 0 atom stereocenters. The molecule has 0 saturated carbocycles. The van der Waals surface area contributed by atoms with E-state index < -0.39 is 0 Å². The lowest BCUT2D eigenvalue weighted by molar-refractivity contribution is 0.354. The fourth-order valence-electron chi connectivity index (χ4n) is 2.05. The molecule has 5 nitrogen and oxygen atoms in total. The van der Waals surface area contributed by atoms with E-state index >= 15 is 0 Å². The molecule has 0 aliphatic carbocycles. The highest BCUT2D eigenvalue weighted by Gasteiger charge is 2.04. The second-order valence-corrected chi connectivity index (χ2v) is 5.79. The number of nitrogens with zero attached hydrogens (tertiary/aromatic N) is 1. The molecule has 2 aromatic rings. The van der Waals surface area contributed by atoms with E-state index in [9.17, 15) is 0 Å². The zero-order chi connectivity index (χ0) is 16.7. The van der Waals surface area contributed by atoms with Crippen LogP contribution in [0.5, 0.6) is 11.5 Å². The molecule has 0 aliphatic rings. The molecule has 130 valence electrons. The number of methoxy groups -OCH3 is 2. The fraction of sp³-hybridized carbons (Fsp3) is 0.235. The molecule has 0 aromatic heterocycles. The molecule has 0 fully saturated rings. The summed E-state index contributed by atoms with van der Waals surface area (Å²) in [5.74, 6) is 1.80. The summed E-state index contributed by atoms with van der Waals surface area (Å²) in [6.07, 6.45) is 0. The van der Waals surface area contributed by atoms with E-state index in [0.29, 0.717) is 30.5 Å². The Kier molecular flexibility index (Phi) is 8.91. The van der Waals surface area contributed by atoms with Crippen LogP contribution in [0.15, 0.2) is 51.9 Å². The van der Waals surface area contributed by atoms with Gasteiger partial charge in [0.1, 0.15) is 0 Å². The monoisotopic (exact) mass is 505 g/mol. The average molecular weight is 506 g/mol. The van der Waals surface area contributed by atoms with E-state index in [2.05, 4.69) is 26.2 Å². The summed E-state index contributed by atoms with van der Waals surface area (Å²) < 4.78 is 11.5. The van der Waals surface area contributed by atoms with E-state index in [0.717, 1.165) is 15.6 Å². The maximum atomic E-state index is 5.91. The summed E-state index contributed by atoms with van der Waals surface area (Å²) in [5, 5.41) is 3.09. The van der Waals surface area contributed by atoms with E-state index in [1.165, 1.54) is 0 Å². The van der Waals surface area contributed by atoms with Gasteiger partial charge in [-0.25, -0.2) is 4.99 Å². The number of guanidine groups is 1. The van der Waals surface area contributed by atoms with Crippen molar-refractivity contribution in [3.05, 3.63) is 58.1 Å². The summed E-state index contributed by atoms with van der Waals surface area (Å²) in [4.78, 5) is 4.33. The topological polar surface area (TPSA) is 68.9 Å². The number of aliphatic imine (C=N–C) groups is 1. The quantitative estimate of drug-likeness (QED) is 0.357. The van der Waals surface area contributed by atoms with Crippen LogP contribution in [0.4, 0.5) is 0 Å². The van der Waals surface area contributed by atoms with Gasteiger partial charge in [-0.3, -0.25) is 0 Å². The minimum Gasteiger partial charge on any atom is -0.493 e. The largest absolute Gasteiger partial charge is 0.493 e. The van der Waals surface area contributed by atoms with Crippen molar-refractivity contribution in [1.29, 1.82) is 0 Å². The number of hydrogen-bond acceptors (Lipinski definition) is 3. The second kappa shape index (κ2) is 10.4. The zero-order valence-electron chi connectivity index (χ0n) is 13.6. The number of halogens is 2. The van der Waals surface area contributed by atoms with E-state index in [1.807, 2.05) is 42.5 Å². The molecule has 2 rings (SSSR count). The molecule has 0 heterocycles. The van der Waals surface area contributed by atoms with Crippen molar-refractivity contribution < 1.29 is 9.47 Å². The standard InChI is InChI=1S/C17H20BrN3O2.HI/c1-22-15-7-6-13(9-16(15)23-2)11-21-17(19)20-10-12-4-3-5-14(18)8-12;/h3-9H,10-11H2,1-2H3,(H3,19,20,21);1H. The Bertz CT molecular complexity index is 695. The van der Waals surface area contributed by atoms with Crippen LogP contribution in [-0.4, -0.2) is 20.2 Å². The first kappa shape index (κ1) is 20.6. The number of hydrogen-bond donors (Lipinski definition) is 2. The molecule has 2 aromatic carbocycles. The smallest absolute Gasteiger partial charge is 0.189 e. The van der Waals surface area contributed by atoms with Crippen LogP contribution >= 0.6 is 39.9 Å². The lowest BCUT2D eigenvalue weighted by atomic mass is 10.2. The lowest BCUT2D eigenvalue weighted by Crippen LogP contribution is -2.31. The van der Waals surface area contributed by atoms with Crippen LogP contribution in [-0.2, 0) is 13.1 Å². The van der Waals surface area contributed by atoms with Crippen molar-refractivity contribution in [2.75, 3.05) is 14.2 Å². The molecule has 0 radical (unpaired) electrons. The minimum atomic E-state index is 0. The number of nitrogens with one attached hydrogen (secondary N) is 1. The SMILES string of the molecule is COc1ccc(CNC(N)=NCc2cccc(Br)c2)cc1OC.I. The van der Waals surface area contributed by atoms with Gasteiger partial charge in [0.25, 0.3) is 0 Å². The Morgan fingerprint density at radius 1 is 1.08 bits per heavy atom. The van der Waals surface area contributed by atoms with Crippen molar-refractivity contribution in [3.8, 4) is 11.5 Å². The predicted octanol–water partition coefficient (Wildman–Crippen LogP) is 3.69. The maximum Gasteiger partial charge on any atom is 0.189 e. The predicted molar refractivity (Wildman–Crippen MR) is 111 cm³/mol. The van der Waals surface area contributed by atoms with Crippen molar-refractivity contribution in [3.63, 3.8) is 0 Å². The van der Waals surface area contributed by atoms with Crippen LogP contribution in [0.25, 0.3) is 0 Å². The van der Waals surface area contributed by atoms with Gasteiger partial charge in [-0.05, 0) is 35.4 Å². The van der Waals surface area contributed by atoms with Gasteiger partial charge in [0.2, 0.25) is 0 Å². The number of benzene rings is 2. The Labute approximate surface area is 167 Å². The maximum absolute atomic E-state index is 5.91. The van der Waals surface area contributed by atoms with Gasteiger partial charge in [0.15, 0.2) is 17.5 Å². The van der Waals surface area contributed by atoms with Gasteiger partial charge < -0.3 is 20.5 Å². The van der Waals surface area contributed by atoms with E-state index in [1.54, 1.807) is 14.2 Å². The Morgan fingerprint density at radius 2 is 1.83 bits per heavy atom. The molecule has 0 spiro atoms. The Morgan fingerprint density at radius 3 is 2.50 bits per heavy atom. The van der Waals surface area contributed by atoms with Gasteiger partial charge in [-0.1, -0.05) is 34.1 Å². The molecule has 0 unspecified atom stereocenters. The Hall–Kier alpha value is -1.48. The van der Waals surface area contributed by atoms with E-state index in [4.69, 9.17) is 15.2 Å². The van der Waals surface area contributed by atoms with Crippen molar-refractivity contribution in [2.24, 2.45) is 10.7 Å². The van der Waals surface area contributed by atoms with Gasteiger partial charge >= 0.3 is 0 Å². The molecule has 0 aliphatic heterocycles. The number of rotatable bonds is 6. The third-order valence-corrected chi connectivity index (χ3v) is 3.74. The van der Waals surface area contributed by atoms with Crippen LogP contribution in [0.1, 0.15) is 11.1 Å². The van der Waals surface area contributed by atoms with E-state index in [-0.39, 0.29) is 24.0 Å². The fourth-order valence-corrected chi connectivity index (χ4v) is 2.50. The molecule has 0 amide bonds. The van der Waals surface area contributed by atoms with Crippen molar-refractivity contribution in [1.82, 2.24) is 5.32 Å². The first-order valence-corrected chi connectivity index (χ1v) is 7.91. The van der Waals surface area contributed by atoms with Gasteiger partial charge in [-0.2, -0.15) is 0 Å². The zero-order valence-corrected chi connectivity index (χ0v) is 17.5. The third kappa shape index (κ3) is 6.20. The Balaban J connectivity index is 0.00000288. The summed E-state index contributed by atoms with van der Waals surface area (Å²) in [6.45, 7) is 1.10. The minimum absolute atomic E-state index is 0. The molecule has 0 saturated heterocycles. The number of ether oxygens (including phenoxy) is 2. The summed E-state index contributed by atoms with van der Waals surface area (Å²) >= 11 is 3.44. The van der Waals surface area contributed by atoms with Gasteiger partial charge in [0.05, 0.1) is 20.8 Å². The third-order valence-electron chi connectivity index (χ3n) is 3.24. The van der Waals surface area contributed by atoms with Crippen molar-refractivity contribution in [2.45, 2.75) is 13.1 Å². The van der Waals surface area contributed by atoms with Gasteiger partial charge in [0, 0.05) is 11.0 Å². The van der Waals surface area contributed by atoms with Gasteiger partial charge in [-0.15, -0.1) is 24.0 Å². The highest BCUT2D eigenvalue weighted by Crippen LogP contribution is 2.27. The van der Waals surface area contributed by atoms with Crippen LogP contribution in [0.3, 0.4) is 0 Å². The van der Waals surface area contributed by atoms with Crippen LogP contribution in [0.2, 0.25) is 0 Å². The molecule has 24 heavy (non-hydrogen) atoms. The molecule has 7 heteroatoms. The normalized spacial score (nSPS) is 10.7. The summed E-state index contributed by atoms with van der Waals surface area (Å²) in [6, 6.07) is 13.7. The van der Waals surface area contributed by atoms with Crippen molar-refractivity contribution >= 4 is 45.9 Å². The first-order valence-electron chi connectivity index (χ1n) is 7.11. The lowest BCUT2D eigenvalue weighted by Gasteiger charge is -2.10. The second-order valence-electron chi connectivity index (χ2n) is 4.87. The van der Waals surface area contributed by atoms with Crippen LogP contribution < -0.4 is 20.5 Å². The molecule has 3 N–H and O–H groups in total. The summed E-state index contributed by atoms with van der Waals surface area (Å²) in [7, 11) is 3.23. The number of nitrogens with two attached hydrogens (primary N) is 1. The molecular weight excluding hydrogens is 485 g/mol. The van der Waals surface area contributed by atoms with Crippen LogP contribution in [0, 0.1) is 0 Å².